The summed E-state index contributed by atoms with van der Waals surface area (Å²) in [6, 6.07) is 3.08. The summed E-state index contributed by atoms with van der Waals surface area (Å²) in [6.45, 7) is 2.27. The van der Waals surface area contributed by atoms with Gasteiger partial charge in [-0.1, -0.05) is 0 Å². The molecule has 1 aliphatic heterocycles. The Morgan fingerprint density at radius 1 is 1.31 bits per heavy atom. The van der Waals surface area contributed by atoms with E-state index in [-0.39, 0.29) is 12.3 Å². The van der Waals surface area contributed by atoms with E-state index in [0.717, 1.165) is 16.1 Å². The van der Waals surface area contributed by atoms with Crippen molar-refractivity contribution in [3.05, 3.63) is 39.3 Å². The number of carbonyl (C=O) groups is 2. The smallest absolute Gasteiger partial charge is 0.305 e. The highest BCUT2D eigenvalue weighted by atomic mass is 32.1. The molecule has 0 fully saturated rings. The molecule has 0 saturated carbocycles. The molecule has 0 saturated heterocycles. The molecular weight excluding hydrogens is 356 g/mol. The summed E-state index contributed by atoms with van der Waals surface area (Å²) in [7, 11) is 3.09. The second-order valence-electron chi connectivity index (χ2n) is 6.01. The normalized spacial score (nSPS) is 16.1. The van der Waals surface area contributed by atoms with Gasteiger partial charge in [-0.25, -0.2) is 4.98 Å². The summed E-state index contributed by atoms with van der Waals surface area (Å²) in [5.74, 6) is -0.0408. The Kier molecular flexibility index (Phi) is 5.13. The maximum atomic E-state index is 12.9. The number of amides is 1. The average Bonchev–Trinajstić information content (AvgIpc) is 3.06. The number of aryl methyl sites for hydroxylation is 1. The number of nitrogens with zero attached hydrogens (tertiary/aromatic N) is 2. The zero-order valence-corrected chi connectivity index (χ0v) is 15.6. The molecule has 1 aromatic carbocycles. The van der Waals surface area contributed by atoms with Crippen LogP contribution in [0.2, 0.25) is 0 Å². The van der Waals surface area contributed by atoms with Gasteiger partial charge in [0, 0.05) is 6.54 Å². The number of benzene rings is 1. The molecule has 7 nitrogen and oxygen atoms in total. The second-order valence-corrected chi connectivity index (χ2v) is 7.25. The van der Waals surface area contributed by atoms with Gasteiger partial charge in [0.25, 0.3) is 5.91 Å². The van der Waals surface area contributed by atoms with Gasteiger partial charge < -0.3 is 19.5 Å². The summed E-state index contributed by atoms with van der Waals surface area (Å²) < 4.78 is 10.7. The number of carbonyl (C=O) groups excluding carboxylic acids is 1. The van der Waals surface area contributed by atoms with Crippen LogP contribution in [-0.2, 0) is 11.2 Å². The number of thiazole rings is 1. The number of carboxylic acid groups (broad SMARTS) is 1. The fourth-order valence-corrected chi connectivity index (χ4v) is 3.99. The number of hydrogen-bond donors (Lipinski definition) is 1. The zero-order chi connectivity index (χ0) is 18.8. The Bertz CT molecular complexity index is 848. The molecule has 138 valence electrons. The van der Waals surface area contributed by atoms with E-state index in [1.54, 1.807) is 24.3 Å². The highest BCUT2D eigenvalue weighted by Crippen LogP contribution is 2.40. The molecule has 1 aromatic heterocycles. The monoisotopic (exact) mass is 376 g/mol. The van der Waals surface area contributed by atoms with Crippen molar-refractivity contribution in [3.63, 3.8) is 0 Å². The molecule has 8 heteroatoms. The van der Waals surface area contributed by atoms with Gasteiger partial charge in [-0.15, -0.1) is 11.3 Å². The predicted octanol–water partition coefficient (Wildman–Crippen LogP) is 2.68. The largest absolute Gasteiger partial charge is 0.493 e. The van der Waals surface area contributed by atoms with Gasteiger partial charge in [-0.2, -0.15) is 0 Å². The van der Waals surface area contributed by atoms with Crippen LogP contribution in [0.5, 0.6) is 11.5 Å². The van der Waals surface area contributed by atoms with E-state index in [4.69, 9.17) is 9.47 Å². The quantitative estimate of drug-likeness (QED) is 0.863. The van der Waals surface area contributed by atoms with Crippen LogP contribution in [-0.4, -0.2) is 47.6 Å². The Hall–Kier alpha value is -2.61. The Morgan fingerprint density at radius 2 is 2.00 bits per heavy atom. The SMILES string of the molecule is COc1cc2c(cc1OC)C(CC(=O)O)N(C(=O)c1cnc(C)s1)CC2. The van der Waals surface area contributed by atoms with Gasteiger partial charge in [-0.05, 0) is 36.6 Å². The maximum absolute atomic E-state index is 12.9. The van der Waals surface area contributed by atoms with E-state index in [1.165, 1.54) is 18.4 Å². The number of methoxy groups -OCH3 is 2. The third-order valence-electron chi connectivity index (χ3n) is 4.46. The highest BCUT2D eigenvalue weighted by Gasteiger charge is 2.34. The van der Waals surface area contributed by atoms with Crippen LogP contribution in [0.1, 0.15) is 38.3 Å². The Labute approximate surface area is 155 Å². The molecule has 26 heavy (non-hydrogen) atoms. The van der Waals surface area contributed by atoms with Crippen molar-refractivity contribution in [3.8, 4) is 11.5 Å². The number of fused-ring (bicyclic) bond motifs is 1. The topological polar surface area (TPSA) is 89.0 Å². The fraction of sp³-hybridized carbons (Fsp3) is 0.389. The molecule has 1 atom stereocenters. The molecule has 1 unspecified atom stereocenters. The summed E-state index contributed by atoms with van der Waals surface area (Å²) in [5.41, 5.74) is 1.75. The number of carboxylic acids is 1. The molecule has 1 aliphatic rings. The van der Waals surface area contributed by atoms with E-state index in [2.05, 4.69) is 4.98 Å². The van der Waals surface area contributed by atoms with Crippen LogP contribution in [0.3, 0.4) is 0 Å². The molecule has 1 amide bonds. The predicted molar refractivity (Wildman–Crippen MR) is 96.1 cm³/mol. The maximum Gasteiger partial charge on any atom is 0.305 e. The summed E-state index contributed by atoms with van der Waals surface area (Å²) in [4.78, 5) is 30.7. The summed E-state index contributed by atoms with van der Waals surface area (Å²) in [5, 5.41) is 10.2. The Morgan fingerprint density at radius 3 is 2.58 bits per heavy atom. The van der Waals surface area contributed by atoms with Crippen molar-refractivity contribution in [1.29, 1.82) is 0 Å². The molecule has 2 aromatic rings. The first kappa shape index (κ1) is 18.2. The van der Waals surface area contributed by atoms with E-state index >= 15 is 0 Å². The molecule has 0 bridgehead atoms. The van der Waals surface area contributed by atoms with E-state index < -0.39 is 12.0 Å². The van der Waals surface area contributed by atoms with Crippen molar-refractivity contribution < 1.29 is 24.2 Å². The van der Waals surface area contributed by atoms with Gasteiger partial charge >= 0.3 is 5.97 Å². The van der Waals surface area contributed by atoms with Crippen LogP contribution in [0.25, 0.3) is 0 Å². The van der Waals surface area contributed by atoms with Crippen LogP contribution in [0.15, 0.2) is 18.3 Å². The molecule has 3 rings (SSSR count). The van der Waals surface area contributed by atoms with Gasteiger partial charge in [0.05, 0.1) is 37.9 Å². The Balaban J connectivity index is 2.03. The first-order valence-electron chi connectivity index (χ1n) is 8.14. The standard InChI is InChI=1S/C18H20N2O5S/c1-10-19-9-16(26-10)18(23)20-5-4-11-6-14(24-2)15(25-3)7-12(11)13(20)8-17(21)22/h6-7,9,13H,4-5,8H2,1-3H3,(H,21,22). The summed E-state index contributed by atoms with van der Waals surface area (Å²) in [6.07, 6.45) is 1.99. The minimum Gasteiger partial charge on any atom is -0.493 e. The molecule has 0 aliphatic carbocycles. The van der Waals surface area contributed by atoms with Crippen molar-refractivity contribution >= 4 is 23.2 Å². The molecule has 1 N–H and O–H groups in total. The van der Waals surface area contributed by atoms with E-state index in [0.29, 0.717) is 29.3 Å². The van der Waals surface area contributed by atoms with Crippen LogP contribution < -0.4 is 9.47 Å². The molecular formula is C18H20N2O5S. The van der Waals surface area contributed by atoms with Gasteiger partial charge in [0.15, 0.2) is 11.5 Å². The van der Waals surface area contributed by atoms with Gasteiger partial charge in [-0.3, -0.25) is 9.59 Å². The number of ether oxygens (including phenoxy) is 2. The first-order chi connectivity index (χ1) is 12.4. The van der Waals surface area contributed by atoms with Gasteiger partial charge in [0.1, 0.15) is 4.88 Å². The lowest BCUT2D eigenvalue weighted by Gasteiger charge is -2.37. The van der Waals surface area contributed by atoms with Crippen molar-refractivity contribution in [1.82, 2.24) is 9.88 Å². The minimum absolute atomic E-state index is 0.175. The molecule has 2 heterocycles. The first-order valence-corrected chi connectivity index (χ1v) is 8.96. The van der Waals surface area contributed by atoms with E-state index in [1.807, 2.05) is 13.0 Å². The number of aliphatic carboxylic acids is 1. The lowest BCUT2D eigenvalue weighted by atomic mass is 9.90. The van der Waals surface area contributed by atoms with E-state index in [9.17, 15) is 14.7 Å². The fourth-order valence-electron chi connectivity index (χ4n) is 3.26. The van der Waals surface area contributed by atoms with Crippen molar-refractivity contribution in [2.75, 3.05) is 20.8 Å². The second kappa shape index (κ2) is 7.33. The lowest BCUT2D eigenvalue weighted by Crippen LogP contribution is -2.40. The average molecular weight is 376 g/mol. The third-order valence-corrected chi connectivity index (χ3v) is 5.36. The zero-order valence-electron chi connectivity index (χ0n) is 14.8. The summed E-state index contributed by atoms with van der Waals surface area (Å²) >= 11 is 1.31. The molecule has 0 radical (unpaired) electrons. The van der Waals surface area contributed by atoms with Crippen molar-refractivity contribution in [2.45, 2.75) is 25.8 Å². The highest BCUT2D eigenvalue weighted by molar-refractivity contribution is 7.13. The van der Waals surface area contributed by atoms with Crippen LogP contribution in [0.4, 0.5) is 0 Å². The number of aromatic nitrogens is 1. The lowest BCUT2D eigenvalue weighted by molar-refractivity contribution is -0.138. The number of rotatable bonds is 5. The van der Waals surface area contributed by atoms with Crippen LogP contribution >= 0.6 is 11.3 Å². The van der Waals surface area contributed by atoms with Gasteiger partial charge in [0.2, 0.25) is 0 Å². The van der Waals surface area contributed by atoms with Crippen molar-refractivity contribution in [2.24, 2.45) is 0 Å². The number of hydrogen-bond acceptors (Lipinski definition) is 6. The van der Waals surface area contributed by atoms with Crippen LogP contribution in [0, 0.1) is 6.92 Å². The minimum atomic E-state index is -0.962. The molecule has 0 spiro atoms. The third kappa shape index (κ3) is 3.37.